The maximum absolute atomic E-state index is 5.37. The second-order valence-electron chi connectivity index (χ2n) is 4.07. The zero-order chi connectivity index (χ0) is 14.4. The van der Waals surface area contributed by atoms with Gasteiger partial charge in [0.15, 0.2) is 5.11 Å². The van der Waals surface area contributed by atoms with Crippen LogP contribution >= 0.6 is 12.2 Å². The summed E-state index contributed by atoms with van der Waals surface area (Å²) in [6.45, 7) is 7.13. The van der Waals surface area contributed by atoms with E-state index < -0.39 is 0 Å². The summed E-state index contributed by atoms with van der Waals surface area (Å²) in [7, 11) is 0. The van der Waals surface area contributed by atoms with Crippen molar-refractivity contribution < 1.29 is 0 Å². The number of nitrogens with zero attached hydrogens (tertiary/aromatic N) is 4. The van der Waals surface area contributed by atoms with E-state index in [1.165, 1.54) is 0 Å². The third-order valence-electron chi connectivity index (χ3n) is 2.75. The fraction of sp³-hybridized carbons (Fsp3) is 0.214. The second-order valence-corrected chi connectivity index (χ2v) is 4.46. The molecular weight excluding hydrogens is 270 g/mol. The summed E-state index contributed by atoms with van der Waals surface area (Å²) < 4.78 is 1.78. The van der Waals surface area contributed by atoms with Gasteiger partial charge < -0.3 is 10.2 Å². The highest BCUT2D eigenvalue weighted by Gasteiger charge is 2.12. The quantitative estimate of drug-likeness (QED) is 0.674. The lowest BCUT2D eigenvalue weighted by Gasteiger charge is -2.22. The Morgan fingerprint density at radius 1 is 1.55 bits per heavy atom. The molecule has 5 nitrogen and oxygen atoms in total. The van der Waals surface area contributed by atoms with E-state index in [1.54, 1.807) is 29.3 Å². The molecule has 0 bridgehead atoms. The van der Waals surface area contributed by atoms with Crippen LogP contribution in [0.15, 0.2) is 49.6 Å². The third kappa shape index (κ3) is 3.21. The van der Waals surface area contributed by atoms with E-state index in [4.69, 9.17) is 12.2 Å². The Labute approximate surface area is 123 Å². The monoisotopic (exact) mass is 287 g/mol. The van der Waals surface area contributed by atoms with Crippen LogP contribution in [-0.2, 0) is 0 Å². The smallest absolute Gasteiger partial charge is 0.173 e. The largest absolute Gasteiger partial charge is 0.359 e. The van der Waals surface area contributed by atoms with Gasteiger partial charge >= 0.3 is 0 Å². The molecule has 0 radical (unpaired) electrons. The lowest BCUT2D eigenvalue weighted by molar-refractivity contribution is 0.873. The first-order valence-corrected chi connectivity index (χ1v) is 6.78. The fourth-order valence-corrected chi connectivity index (χ4v) is 2.10. The molecule has 1 N–H and O–H groups in total. The molecule has 2 rings (SSSR count). The SMILES string of the molecule is C=CCNC(=S)N(CC)c1cnn(-c2cccnc2)c1. The van der Waals surface area contributed by atoms with Gasteiger partial charge in [0.1, 0.15) is 0 Å². The van der Waals surface area contributed by atoms with Crippen molar-refractivity contribution in [3.63, 3.8) is 0 Å². The summed E-state index contributed by atoms with van der Waals surface area (Å²) >= 11 is 5.37. The highest BCUT2D eigenvalue weighted by molar-refractivity contribution is 7.80. The van der Waals surface area contributed by atoms with Gasteiger partial charge in [0.05, 0.1) is 30.0 Å². The summed E-state index contributed by atoms with van der Waals surface area (Å²) in [5.41, 5.74) is 1.86. The fourth-order valence-electron chi connectivity index (χ4n) is 1.78. The highest BCUT2D eigenvalue weighted by atomic mass is 32.1. The summed E-state index contributed by atoms with van der Waals surface area (Å²) in [6.07, 6.45) is 9.00. The predicted octanol–water partition coefficient (Wildman–Crippen LogP) is 2.15. The van der Waals surface area contributed by atoms with Crippen LogP contribution in [-0.4, -0.2) is 33.0 Å². The number of pyridine rings is 1. The number of nitrogens with one attached hydrogen (secondary N) is 1. The van der Waals surface area contributed by atoms with E-state index in [0.717, 1.165) is 17.9 Å². The van der Waals surface area contributed by atoms with Crippen LogP contribution in [0.4, 0.5) is 5.69 Å². The number of rotatable bonds is 5. The van der Waals surface area contributed by atoms with Crippen molar-refractivity contribution in [1.29, 1.82) is 0 Å². The van der Waals surface area contributed by atoms with Crippen LogP contribution in [0.2, 0.25) is 0 Å². The van der Waals surface area contributed by atoms with E-state index in [9.17, 15) is 0 Å². The predicted molar refractivity (Wildman–Crippen MR) is 85.2 cm³/mol. The highest BCUT2D eigenvalue weighted by Crippen LogP contribution is 2.15. The lowest BCUT2D eigenvalue weighted by Crippen LogP contribution is -2.39. The maximum Gasteiger partial charge on any atom is 0.173 e. The molecule has 0 fully saturated rings. The van der Waals surface area contributed by atoms with E-state index >= 15 is 0 Å². The summed E-state index contributed by atoms with van der Waals surface area (Å²) in [4.78, 5) is 6.07. The average Bonchev–Trinajstić information content (AvgIpc) is 2.96. The van der Waals surface area contributed by atoms with Gasteiger partial charge in [-0.2, -0.15) is 5.10 Å². The Bertz CT molecular complexity index is 578. The van der Waals surface area contributed by atoms with E-state index in [0.29, 0.717) is 11.7 Å². The number of hydrogen-bond acceptors (Lipinski definition) is 3. The Kier molecular flexibility index (Phi) is 4.84. The van der Waals surface area contributed by atoms with Gasteiger partial charge in [-0.05, 0) is 31.3 Å². The van der Waals surface area contributed by atoms with Crippen LogP contribution in [0.3, 0.4) is 0 Å². The molecule has 0 aliphatic carbocycles. The standard InChI is InChI=1S/C14H17N5S/c1-3-7-16-14(20)18(4-2)13-10-17-19(11-13)12-6-5-8-15-9-12/h3,5-6,8-11H,1,4,7H2,2H3,(H,16,20). The number of aromatic nitrogens is 3. The molecule has 0 aliphatic heterocycles. The zero-order valence-corrected chi connectivity index (χ0v) is 12.2. The molecule has 104 valence electrons. The summed E-state index contributed by atoms with van der Waals surface area (Å²) in [5, 5.41) is 8.13. The van der Waals surface area contributed by atoms with E-state index in [2.05, 4.69) is 22.0 Å². The minimum atomic E-state index is 0.645. The lowest BCUT2D eigenvalue weighted by atomic mass is 10.4. The van der Waals surface area contributed by atoms with Gasteiger partial charge in [0, 0.05) is 19.3 Å². The first-order valence-electron chi connectivity index (χ1n) is 6.37. The van der Waals surface area contributed by atoms with Gasteiger partial charge in [-0.15, -0.1) is 6.58 Å². The number of anilines is 1. The third-order valence-corrected chi connectivity index (χ3v) is 3.11. The van der Waals surface area contributed by atoms with Gasteiger partial charge in [-0.3, -0.25) is 4.98 Å². The van der Waals surface area contributed by atoms with Crippen LogP contribution < -0.4 is 10.2 Å². The van der Waals surface area contributed by atoms with Crippen molar-refractivity contribution in [2.75, 3.05) is 18.0 Å². The van der Waals surface area contributed by atoms with Crippen LogP contribution in [0.1, 0.15) is 6.92 Å². The van der Waals surface area contributed by atoms with Crippen molar-refractivity contribution >= 4 is 23.0 Å². The van der Waals surface area contributed by atoms with Crippen LogP contribution in [0.5, 0.6) is 0 Å². The molecule has 2 heterocycles. The van der Waals surface area contributed by atoms with Gasteiger partial charge in [-0.25, -0.2) is 4.68 Å². The number of hydrogen-bond donors (Lipinski definition) is 1. The molecule has 2 aromatic rings. The summed E-state index contributed by atoms with van der Waals surface area (Å²) in [5.74, 6) is 0. The van der Waals surface area contributed by atoms with Gasteiger partial charge in [0.2, 0.25) is 0 Å². The first kappa shape index (κ1) is 14.2. The maximum atomic E-state index is 5.37. The number of thiocarbonyl (C=S) groups is 1. The molecule has 0 atom stereocenters. The summed E-state index contributed by atoms with van der Waals surface area (Å²) in [6, 6.07) is 3.83. The molecule has 0 saturated heterocycles. The Morgan fingerprint density at radius 2 is 2.40 bits per heavy atom. The molecule has 2 aromatic heterocycles. The first-order chi connectivity index (χ1) is 9.76. The average molecular weight is 287 g/mol. The van der Waals surface area contributed by atoms with Crippen molar-refractivity contribution in [2.45, 2.75) is 6.92 Å². The molecular formula is C14H17N5S. The van der Waals surface area contributed by atoms with Crippen molar-refractivity contribution in [3.05, 3.63) is 49.6 Å². The Balaban J connectivity index is 2.18. The Morgan fingerprint density at radius 3 is 3.05 bits per heavy atom. The molecule has 0 unspecified atom stereocenters. The van der Waals surface area contributed by atoms with Crippen LogP contribution in [0, 0.1) is 0 Å². The minimum absolute atomic E-state index is 0.645. The normalized spacial score (nSPS) is 10.1. The zero-order valence-electron chi connectivity index (χ0n) is 11.4. The Hall–Kier alpha value is -2.21. The molecule has 0 amide bonds. The van der Waals surface area contributed by atoms with Crippen molar-refractivity contribution in [2.24, 2.45) is 0 Å². The molecule has 0 saturated carbocycles. The van der Waals surface area contributed by atoms with Crippen LogP contribution in [0.25, 0.3) is 5.69 Å². The van der Waals surface area contributed by atoms with Crippen molar-refractivity contribution in [3.8, 4) is 5.69 Å². The molecule has 0 aliphatic rings. The molecule has 0 aromatic carbocycles. The molecule has 0 spiro atoms. The molecule has 20 heavy (non-hydrogen) atoms. The van der Waals surface area contributed by atoms with Gasteiger partial charge in [0.25, 0.3) is 0 Å². The van der Waals surface area contributed by atoms with Crippen molar-refractivity contribution in [1.82, 2.24) is 20.1 Å². The second kappa shape index (κ2) is 6.81. The topological polar surface area (TPSA) is 46.0 Å². The van der Waals surface area contributed by atoms with Gasteiger partial charge in [-0.1, -0.05) is 6.08 Å². The van der Waals surface area contributed by atoms with E-state index in [-0.39, 0.29) is 0 Å². The molecule has 6 heteroatoms. The minimum Gasteiger partial charge on any atom is -0.359 e. The van der Waals surface area contributed by atoms with E-state index in [1.807, 2.05) is 30.2 Å².